The van der Waals surface area contributed by atoms with Gasteiger partial charge < -0.3 is 132 Å². The number of aryl methyl sites for hydroxylation is 5. The Morgan fingerprint density at radius 1 is 0.272 bits per heavy atom. The van der Waals surface area contributed by atoms with Crippen LogP contribution in [0.2, 0.25) is 0 Å². The fraction of sp³-hybridized carbons (Fsp3) is 0.710. The summed E-state index contributed by atoms with van der Waals surface area (Å²) in [7, 11) is 3.27. The van der Waals surface area contributed by atoms with Crippen LogP contribution in [0.1, 0.15) is 138 Å². The quantitative estimate of drug-likeness (QED) is 0.0270. The van der Waals surface area contributed by atoms with Crippen LogP contribution in [0.25, 0.3) is 22.8 Å². The van der Waals surface area contributed by atoms with E-state index in [-0.39, 0.29) is 89.3 Å². The number of ketones is 1. The van der Waals surface area contributed by atoms with Crippen LogP contribution in [0.4, 0.5) is 5.69 Å². The van der Waals surface area contributed by atoms with E-state index in [1.165, 1.54) is 51.2 Å². The van der Waals surface area contributed by atoms with Crippen molar-refractivity contribution in [3.63, 3.8) is 0 Å². The van der Waals surface area contributed by atoms with E-state index < -0.39 is 5.97 Å². The zero-order valence-electron chi connectivity index (χ0n) is 86.1. The molecule has 8 rings (SSSR count). The Labute approximate surface area is 859 Å². The van der Waals surface area contributed by atoms with Crippen LogP contribution < -0.4 is 22.5 Å². The number of aromatic nitrogens is 24. The van der Waals surface area contributed by atoms with Crippen molar-refractivity contribution >= 4 is 23.3 Å². The Morgan fingerprint density at radius 3 is 0.803 bits per heavy atom. The molecule has 0 aliphatic rings. The third-order valence-electron chi connectivity index (χ3n) is 18.3. The first-order chi connectivity index (χ1) is 72.4. The Morgan fingerprint density at radius 2 is 0.517 bits per heavy atom. The largest absolute Gasteiger partial charge is 0.481 e. The lowest BCUT2D eigenvalue weighted by Gasteiger charge is -2.09. The topological polar surface area (TPSA) is 674 Å². The van der Waals surface area contributed by atoms with E-state index >= 15 is 0 Å². The Bertz CT molecular complexity index is 4080. The maximum absolute atomic E-state index is 12.2. The predicted molar refractivity (Wildman–Crippen MR) is 528 cm³/mol. The van der Waals surface area contributed by atoms with Crippen molar-refractivity contribution < 1.29 is 124 Å². The number of carbonyl (C=O) groups is 3. The van der Waals surface area contributed by atoms with Gasteiger partial charge in [0.25, 0.3) is 0 Å². The van der Waals surface area contributed by atoms with Crippen molar-refractivity contribution in [2.75, 3.05) is 297 Å². The second kappa shape index (κ2) is 100. The average Bonchev–Trinajstić information content (AvgIpc) is 0.837. The Hall–Kier alpha value is -10.5. The van der Waals surface area contributed by atoms with E-state index in [9.17, 15) is 14.4 Å². The number of Topliss-reactive ketones (excluding diaryl/α,β-unsaturated/α-hetero) is 1. The minimum atomic E-state index is -0.877. The molecule has 0 radical (unpaired) electrons. The number of aliphatic carboxylic acids is 1. The smallest absolute Gasteiger partial charge is 0.303 e. The van der Waals surface area contributed by atoms with E-state index in [2.05, 4.69) is 148 Å². The number of benzene rings is 2. The summed E-state index contributed by atoms with van der Waals surface area (Å²) < 4.78 is 119. The van der Waals surface area contributed by atoms with Crippen molar-refractivity contribution in [3.05, 3.63) is 114 Å². The van der Waals surface area contributed by atoms with Crippen molar-refractivity contribution in [2.24, 2.45) is 11.5 Å². The van der Waals surface area contributed by atoms with Gasteiger partial charge in [-0.15, -0.1) is 122 Å². The SMILES string of the molecule is CCCCCc1nnc(CCCCC)nn1.CCCCCc1nncnn1.COCCOCCOCCOCCOCCOCCOCCOCCOCCOCCOCC(=O)CCc1nnc(CNC(=O)COCCOCCOCCOCCOCCOCCOCCOCCOCCOCCOC)nn1.NCc1nnc(CN)nn1.Nc1ccc(-c2nnc(-c3ccccc3)nn2)cc1.O=C(O)CCc1nncnn1. The zero-order chi connectivity index (χ0) is 105. The van der Waals surface area contributed by atoms with Gasteiger partial charge in [-0.3, -0.25) is 14.4 Å². The number of hydrogen-bond acceptors (Lipinski definition) is 52. The van der Waals surface area contributed by atoms with Crippen LogP contribution in [0.15, 0.2) is 67.3 Å². The summed E-state index contributed by atoms with van der Waals surface area (Å²) in [5.41, 5.74) is 18.5. The van der Waals surface area contributed by atoms with Gasteiger partial charge in [-0.05, 0) is 43.5 Å². The predicted octanol–water partition coefficient (Wildman–Crippen LogP) is 2.39. The number of unbranched alkanes of at least 4 members (excludes halogenated alkanes) is 6. The number of anilines is 1. The number of ether oxygens (including phenoxy) is 22. The standard InChI is InChI=1S/C51H97N5O24.C14H11N5.C12H22N4.C7H12N4.C5H6N4O2.C4H8N6/c1-59-5-7-61-9-11-63-13-15-65-17-19-67-21-23-69-25-27-71-29-31-73-33-35-75-37-39-77-41-43-79-46-48(57)3-4-49-53-55-50(56-54-49)45-52-51(58)47-80-44-42-78-40-38-76-36-34-74-32-30-72-28-26-70-24-22-68-20-18-66-16-14-64-12-10-62-8-6-60-2;15-12-8-6-11(7-9-12)14-18-16-13(17-19-14)10-4-2-1-3-5-10;1-3-5-7-9-11-13-15-12(16-14-11)10-8-6-4-2;1-2-3-4-5-7-10-8-6-9-11-7;10-5(11)2-1-4-8-6-3-7-9-4;5-1-3-7-9-4(2-6)10-8-3/h3-47H2,1-2H3,(H,52,58);1-9H,15H2;3-10H2,1-2H3;6H,2-5H2,1H3;3H,1-2H2,(H,10,11);1-2,5-6H2. The van der Waals surface area contributed by atoms with E-state index in [1.54, 1.807) is 26.4 Å². The molecule has 0 bridgehead atoms. The molecule has 6 heterocycles. The van der Waals surface area contributed by atoms with Crippen LogP contribution in [0.5, 0.6) is 0 Å². The molecule has 2 aromatic carbocycles. The number of carboxylic acid groups (broad SMARTS) is 1. The molecule has 54 nitrogen and oxygen atoms in total. The van der Waals surface area contributed by atoms with Crippen LogP contribution >= 0.6 is 0 Å². The van der Waals surface area contributed by atoms with Crippen molar-refractivity contribution in [1.29, 1.82) is 0 Å². The van der Waals surface area contributed by atoms with Crippen molar-refractivity contribution in [1.82, 2.24) is 128 Å². The summed E-state index contributed by atoms with van der Waals surface area (Å²) in [6.45, 7) is 25.4. The van der Waals surface area contributed by atoms with Gasteiger partial charge >= 0.3 is 5.97 Å². The third-order valence-corrected chi connectivity index (χ3v) is 18.3. The second-order valence-corrected chi connectivity index (χ2v) is 30.3. The number of carboxylic acids is 1. The van der Waals surface area contributed by atoms with E-state index in [1.807, 2.05) is 42.5 Å². The van der Waals surface area contributed by atoms with E-state index in [4.69, 9.17) is 127 Å². The molecule has 0 saturated heterocycles. The number of nitrogen functional groups attached to an aromatic ring is 1. The van der Waals surface area contributed by atoms with Crippen LogP contribution in [-0.2, 0) is 170 Å². The molecule has 0 aliphatic heterocycles. The number of nitrogens with zero attached hydrogens (tertiary/aromatic N) is 24. The van der Waals surface area contributed by atoms with E-state index in [0.717, 1.165) is 67.1 Å². The van der Waals surface area contributed by atoms with Gasteiger partial charge in [0.1, 0.15) is 13.2 Å². The number of nitrogens with one attached hydrogen (secondary N) is 1. The molecule has 0 atom stereocenters. The molecule has 1 amide bonds. The summed E-state index contributed by atoms with van der Waals surface area (Å²) >= 11 is 0. The number of hydrogen-bond donors (Lipinski definition) is 5. The molecular weight excluding hydrogens is 1930 g/mol. The van der Waals surface area contributed by atoms with Gasteiger partial charge in [0, 0.05) is 69.6 Å². The number of amides is 1. The first kappa shape index (κ1) is 131. The number of methoxy groups -OCH3 is 2. The minimum Gasteiger partial charge on any atom is -0.481 e. The Kier molecular flexibility index (Phi) is 89.0. The van der Waals surface area contributed by atoms with Crippen molar-refractivity contribution in [2.45, 2.75) is 143 Å². The first-order valence-corrected chi connectivity index (χ1v) is 49.5. The third kappa shape index (κ3) is 82.1. The average molecular weight is 2080 g/mol. The highest BCUT2D eigenvalue weighted by molar-refractivity contribution is 5.79. The summed E-state index contributed by atoms with van der Waals surface area (Å²) in [5, 5.41) is 103. The van der Waals surface area contributed by atoms with E-state index in [0.29, 0.717) is 292 Å². The molecule has 8 N–H and O–H groups in total. The number of rotatable bonds is 88. The summed E-state index contributed by atoms with van der Waals surface area (Å²) in [4.78, 5) is 34.4. The van der Waals surface area contributed by atoms with Crippen LogP contribution in [0, 0.1) is 0 Å². The second-order valence-electron chi connectivity index (χ2n) is 30.3. The molecule has 0 unspecified atom stereocenters. The summed E-state index contributed by atoms with van der Waals surface area (Å²) in [5.74, 6) is 3.70. The van der Waals surface area contributed by atoms with Crippen LogP contribution in [-0.4, -0.2) is 437 Å². The van der Waals surface area contributed by atoms with Gasteiger partial charge in [-0.1, -0.05) is 89.6 Å². The first-order valence-electron chi connectivity index (χ1n) is 49.5. The van der Waals surface area contributed by atoms with Gasteiger partial charge in [0.2, 0.25) is 17.6 Å². The van der Waals surface area contributed by atoms with Gasteiger partial charge in [-0.2, -0.15) is 0 Å². The van der Waals surface area contributed by atoms with Gasteiger partial charge in [0.15, 0.2) is 65.0 Å². The zero-order valence-corrected chi connectivity index (χ0v) is 86.1. The fourth-order valence-corrected chi connectivity index (χ4v) is 10.6. The number of nitrogens with two attached hydrogens (primary N) is 3. The molecule has 147 heavy (non-hydrogen) atoms. The van der Waals surface area contributed by atoms with Gasteiger partial charge in [-0.25, -0.2) is 0 Å². The molecule has 0 fully saturated rings. The molecular formula is C93H156N28O26. The highest BCUT2D eigenvalue weighted by Gasteiger charge is 2.13. The highest BCUT2D eigenvalue weighted by Crippen LogP contribution is 2.18. The lowest BCUT2D eigenvalue weighted by molar-refractivity contribution is -0.137. The lowest BCUT2D eigenvalue weighted by Crippen LogP contribution is -2.29. The molecule has 6 aromatic heterocycles. The summed E-state index contributed by atoms with van der Waals surface area (Å²) in [6, 6.07) is 16.9. The monoisotopic (exact) mass is 2080 g/mol. The molecule has 0 saturated carbocycles. The molecule has 0 spiro atoms. The summed E-state index contributed by atoms with van der Waals surface area (Å²) in [6.07, 6.45) is 16.7. The Balaban J connectivity index is 0.000000639. The molecule has 0 aliphatic carbocycles. The molecule has 824 valence electrons. The van der Waals surface area contributed by atoms with Crippen molar-refractivity contribution in [3.8, 4) is 22.8 Å². The maximum Gasteiger partial charge on any atom is 0.303 e. The van der Waals surface area contributed by atoms with Gasteiger partial charge in [0.05, 0.1) is 290 Å². The fourth-order valence-electron chi connectivity index (χ4n) is 10.6. The minimum absolute atomic E-state index is 0.00731. The maximum atomic E-state index is 12.2. The number of carbonyl (C=O) groups excluding carboxylic acids is 2. The van der Waals surface area contributed by atoms with Crippen LogP contribution in [0.3, 0.4) is 0 Å². The normalized spacial score (nSPS) is 10.9. The molecule has 54 heteroatoms. The lowest BCUT2D eigenvalue weighted by atomic mass is 10.2. The molecule has 8 aromatic rings. The highest BCUT2D eigenvalue weighted by atomic mass is 16.6.